The maximum atomic E-state index is 11.8. The lowest BCUT2D eigenvalue weighted by Gasteiger charge is -2.08. The monoisotopic (exact) mass is 317 g/mol. The van der Waals surface area contributed by atoms with Crippen molar-refractivity contribution in [1.29, 1.82) is 0 Å². The highest BCUT2D eigenvalue weighted by atomic mass is 79.9. The summed E-state index contributed by atoms with van der Waals surface area (Å²) in [5, 5.41) is 3.01. The van der Waals surface area contributed by atoms with Crippen LogP contribution in [-0.4, -0.2) is 17.8 Å². The first-order valence-electron chi connectivity index (χ1n) is 5.73. The molecule has 1 aromatic carbocycles. The molecular weight excluding hydrogens is 302 g/mol. The van der Waals surface area contributed by atoms with E-state index in [9.17, 15) is 4.79 Å². The van der Waals surface area contributed by atoms with E-state index in [1.54, 1.807) is 0 Å². The summed E-state index contributed by atoms with van der Waals surface area (Å²) < 4.78 is 0.953. The van der Waals surface area contributed by atoms with Crippen molar-refractivity contribution in [2.75, 3.05) is 6.54 Å². The SMILES string of the molecule is CCC(Cl)CCNC(=O)c1ccc(C)c(Br)c1. The molecule has 17 heavy (non-hydrogen) atoms. The van der Waals surface area contributed by atoms with Crippen LogP contribution in [0.3, 0.4) is 0 Å². The average Bonchev–Trinajstić information content (AvgIpc) is 2.32. The summed E-state index contributed by atoms with van der Waals surface area (Å²) in [4.78, 5) is 11.8. The molecule has 1 aromatic rings. The van der Waals surface area contributed by atoms with Crippen molar-refractivity contribution in [3.8, 4) is 0 Å². The molecule has 1 atom stereocenters. The molecule has 1 N–H and O–H groups in total. The number of rotatable bonds is 5. The highest BCUT2D eigenvalue weighted by Gasteiger charge is 2.07. The summed E-state index contributed by atoms with van der Waals surface area (Å²) in [7, 11) is 0. The van der Waals surface area contributed by atoms with Crippen molar-refractivity contribution < 1.29 is 4.79 Å². The van der Waals surface area contributed by atoms with Crippen LogP contribution < -0.4 is 5.32 Å². The van der Waals surface area contributed by atoms with Gasteiger partial charge in [0.1, 0.15) is 0 Å². The number of amides is 1. The topological polar surface area (TPSA) is 29.1 Å². The summed E-state index contributed by atoms with van der Waals surface area (Å²) in [6.07, 6.45) is 1.73. The Hall–Kier alpha value is -0.540. The Morgan fingerprint density at radius 1 is 1.53 bits per heavy atom. The van der Waals surface area contributed by atoms with Crippen molar-refractivity contribution in [1.82, 2.24) is 5.32 Å². The van der Waals surface area contributed by atoms with E-state index in [4.69, 9.17) is 11.6 Å². The van der Waals surface area contributed by atoms with Gasteiger partial charge in [0.05, 0.1) is 0 Å². The minimum Gasteiger partial charge on any atom is -0.352 e. The lowest BCUT2D eigenvalue weighted by molar-refractivity contribution is 0.0953. The van der Waals surface area contributed by atoms with Gasteiger partial charge in [0.2, 0.25) is 0 Å². The van der Waals surface area contributed by atoms with Gasteiger partial charge in [0, 0.05) is 22.0 Å². The fourth-order valence-electron chi connectivity index (χ4n) is 1.38. The van der Waals surface area contributed by atoms with Crippen LogP contribution in [-0.2, 0) is 0 Å². The van der Waals surface area contributed by atoms with Crippen LogP contribution in [0.25, 0.3) is 0 Å². The van der Waals surface area contributed by atoms with E-state index in [1.807, 2.05) is 32.0 Å². The molecule has 1 rings (SSSR count). The number of aryl methyl sites for hydroxylation is 1. The molecule has 1 unspecified atom stereocenters. The van der Waals surface area contributed by atoms with Gasteiger partial charge in [-0.05, 0) is 37.5 Å². The number of nitrogens with one attached hydrogen (secondary N) is 1. The smallest absolute Gasteiger partial charge is 0.251 e. The van der Waals surface area contributed by atoms with Gasteiger partial charge in [0.15, 0.2) is 0 Å². The number of carbonyl (C=O) groups is 1. The number of alkyl halides is 1. The maximum Gasteiger partial charge on any atom is 0.251 e. The lowest BCUT2D eigenvalue weighted by atomic mass is 10.1. The second-order valence-electron chi connectivity index (χ2n) is 4.01. The van der Waals surface area contributed by atoms with Crippen LogP contribution in [0.2, 0.25) is 0 Å². The quantitative estimate of drug-likeness (QED) is 0.820. The van der Waals surface area contributed by atoms with Gasteiger partial charge in [-0.3, -0.25) is 4.79 Å². The van der Waals surface area contributed by atoms with Crippen LogP contribution >= 0.6 is 27.5 Å². The highest BCUT2D eigenvalue weighted by Crippen LogP contribution is 2.17. The molecule has 0 spiro atoms. The standard InChI is InChI=1S/C13H17BrClNO/c1-3-11(15)6-7-16-13(17)10-5-4-9(2)12(14)8-10/h4-5,8,11H,3,6-7H2,1-2H3,(H,16,17). The zero-order valence-electron chi connectivity index (χ0n) is 10.1. The van der Waals surface area contributed by atoms with Crippen molar-refractivity contribution >= 4 is 33.4 Å². The fourth-order valence-corrected chi connectivity index (χ4v) is 1.87. The second-order valence-corrected chi connectivity index (χ2v) is 5.49. The van der Waals surface area contributed by atoms with Crippen LogP contribution in [0, 0.1) is 6.92 Å². The van der Waals surface area contributed by atoms with E-state index in [0.717, 1.165) is 22.9 Å². The van der Waals surface area contributed by atoms with E-state index in [0.29, 0.717) is 12.1 Å². The Morgan fingerprint density at radius 3 is 2.82 bits per heavy atom. The zero-order chi connectivity index (χ0) is 12.8. The maximum absolute atomic E-state index is 11.8. The Kier molecular flexibility index (Phi) is 6.00. The second kappa shape index (κ2) is 7.02. The molecule has 4 heteroatoms. The van der Waals surface area contributed by atoms with E-state index < -0.39 is 0 Å². The molecule has 1 amide bonds. The first-order valence-corrected chi connectivity index (χ1v) is 6.96. The number of benzene rings is 1. The van der Waals surface area contributed by atoms with Gasteiger partial charge in [-0.1, -0.05) is 28.9 Å². The molecule has 0 aliphatic rings. The van der Waals surface area contributed by atoms with Crippen LogP contribution in [0.5, 0.6) is 0 Å². The van der Waals surface area contributed by atoms with E-state index >= 15 is 0 Å². The number of halogens is 2. The van der Waals surface area contributed by atoms with Gasteiger partial charge in [-0.15, -0.1) is 11.6 Å². The minimum atomic E-state index is -0.0503. The molecule has 0 aliphatic carbocycles. The van der Waals surface area contributed by atoms with Gasteiger partial charge in [0.25, 0.3) is 5.91 Å². The minimum absolute atomic E-state index is 0.0503. The van der Waals surface area contributed by atoms with Crippen molar-refractivity contribution in [2.45, 2.75) is 32.1 Å². The van der Waals surface area contributed by atoms with Gasteiger partial charge in [-0.25, -0.2) is 0 Å². The fraction of sp³-hybridized carbons (Fsp3) is 0.462. The average molecular weight is 319 g/mol. The van der Waals surface area contributed by atoms with Crippen molar-refractivity contribution in [3.05, 3.63) is 33.8 Å². The Morgan fingerprint density at radius 2 is 2.24 bits per heavy atom. The summed E-state index contributed by atoms with van der Waals surface area (Å²) in [5.41, 5.74) is 1.79. The molecule has 0 saturated heterocycles. The molecule has 0 heterocycles. The largest absolute Gasteiger partial charge is 0.352 e. The molecule has 0 bridgehead atoms. The Bertz CT molecular complexity index is 395. The Labute approximate surface area is 116 Å². The highest BCUT2D eigenvalue weighted by molar-refractivity contribution is 9.10. The van der Waals surface area contributed by atoms with Crippen LogP contribution in [0.15, 0.2) is 22.7 Å². The molecule has 2 nitrogen and oxygen atoms in total. The molecule has 0 radical (unpaired) electrons. The summed E-state index contributed by atoms with van der Waals surface area (Å²) in [6.45, 7) is 4.65. The van der Waals surface area contributed by atoms with Crippen LogP contribution in [0.1, 0.15) is 35.7 Å². The summed E-state index contributed by atoms with van der Waals surface area (Å²) in [5.74, 6) is -0.0503. The predicted octanol–water partition coefficient (Wildman–Crippen LogP) is 3.89. The molecular formula is C13H17BrClNO. The zero-order valence-corrected chi connectivity index (χ0v) is 12.4. The first kappa shape index (κ1) is 14.5. The van der Waals surface area contributed by atoms with E-state index in [2.05, 4.69) is 21.2 Å². The number of hydrogen-bond acceptors (Lipinski definition) is 1. The number of carbonyl (C=O) groups excluding carboxylic acids is 1. The van der Waals surface area contributed by atoms with Gasteiger partial charge >= 0.3 is 0 Å². The first-order chi connectivity index (χ1) is 8.04. The van der Waals surface area contributed by atoms with Crippen molar-refractivity contribution in [2.24, 2.45) is 0 Å². The van der Waals surface area contributed by atoms with Crippen molar-refractivity contribution in [3.63, 3.8) is 0 Å². The van der Waals surface area contributed by atoms with E-state index in [1.165, 1.54) is 0 Å². The van der Waals surface area contributed by atoms with E-state index in [-0.39, 0.29) is 11.3 Å². The lowest BCUT2D eigenvalue weighted by Crippen LogP contribution is -2.26. The molecule has 94 valence electrons. The molecule has 0 fully saturated rings. The molecule has 0 saturated carbocycles. The normalized spacial score (nSPS) is 12.2. The summed E-state index contributed by atoms with van der Waals surface area (Å²) >= 11 is 9.40. The summed E-state index contributed by atoms with van der Waals surface area (Å²) in [6, 6.07) is 5.59. The van der Waals surface area contributed by atoms with Crippen LogP contribution in [0.4, 0.5) is 0 Å². The molecule has 0 aromatic heterocycles. The van der Waals surface area contributed by atoms with Gasteiger partial charge < -0.3 is 5.32 Å². The third-order valence-corrected chi connectivity index (χ3v) is 4.00. The predicted molar refractivity (Wildman–Crippen MR) is 75.8 cm³/mol. The Balaban J connectivity index is 2.50. The third-order valence-electron chi connectivity index (χ3n) is 2.62. The molecule has 0 aliphatic heterocycles. The number of hydrogen-bond donors (Lipinski definition) is 1. The third kappa shape index (κ3) is 4.68. The van der Waals surface area contributed by atoms with Gasteiger partial charge in [-0.2, -0.15) is 0 Å².